The lowest BCUT2D eigenvalue weighted by molar-refractivity contribution is -0.210. The monoisotopic (exact) mass is 347 g/mol. The molecule has 0 aromatic heterocycles. The average Bonchev–Trinajstić information content (AvgIpc) is 2.52. The van der Waals surface area contributed by atoms with Crippen LogP contribution in [0.3, 0.4) is 0 Å². The van der Waals surface area contributed by atoms with Crippen molar-refractivity contribution in [3.05, 3.63) is 65.7 Å². The summed E-state index contributed by atoms with van der Waals surface area (Å²) in [5.41, 5.74) is 6.54. The zero-order valence-corrected chi connectivity index (χ0v) is 12.8. The highest BCUT2D eigenvalue weighted by molar-refractivity contribution is 5.85. The molecule has 0 aliphatic heterocycles. The normalized spacial score (nSPS) is 13.8. The minimum atomic E-state index is -4.79. The zero-order chi connectivity index (χ0) is 16.2. The van der Waals surface area contributed by atoms with Crippen LogP contribution in [0.15, 0.2) is 54.6 Å². The molecule has 0 heterocycles. The Morgan fingerprint density at radius 2 is 1.57 bits per heavy atom. The highest BCUT2D eigenvalue weighted by atomic mass is 35.5. The lowest BCUT2D eigenvalue weighted by Crippen LogP contribution is -2.39. The van der Waals surface area contributed by atoms with E-state index in [-0.39, 0.29) is 30.3 Å². The van der Waals surface area contributed by atoms with Crippen LogP contribution >= 0.6 is 12.4 Å². The van der Waals surface area contributed by atoms with Crippen molar-refractivity contribution in [1.29, 1.82) is 0 Å². The molecule has 0 bridgehead atoms. The van der Waals surface area contributed by atoms with E-state index in [0.29, 0.717) is 0 Å². The molecule has 2 aromatic rings. The minimum Gasteiger partial charge on any atom is -0.489 e. The molecular weight excluding hydrogens is 331 g/mol. The van der Waals surface area contributed by atoms with E-state index in [4.69, 9.17) is 10.5 Å². The Labute approximate surface area is 138 Å². The van der Waals surface area contributed by atoms with Gasteiger partial charge >= 0.3 is 6.18 Å². The molecule has 3 N–H and O–H groups in total. The highest BCUT2D eigenvalue weighted by Gasteiger charge is 2.43. The van der Waals surface area contributed by atoms with Crippen LogP contribution in [-0.2, 0) is 6.61 Å². The van der Waals surface area contributed by atoms with Crippen molar-refractivity contribution in [1.82, 2.24) is 0 Å². The largest absolute Gasteiger partial charge is 0.489 e. The van der Waals surface area contributed by atoms with Gasteiger partial charge in [0, 0.05) is 5.56 Å². The van der Waals surface area contributed by atoms with E-state index in [0.717, 1.165) is 5.56 Å². The van der Waals surface area contributed by atoms with Gasteiger partial charge in [0.15, 0.2) is 6.10 Å². The first-order valence-electron chi connectivity index (χ1n) is 6.65. The van der Waals surface area contributed by atoms with Crippen molar-refractivity contribution in [3.8, 4) is 5.75 Å². The maximum Gasteiger partial charge on any atom is 0.416 e. The summed E-state index contributed by atoms with van der Waals surface area (Å²) < 4.78 is 43.3. The molecule has 2 aromatic carbocycles. The van der Waals surface area contributed by atoms with Crippen LogP contribution in [0.1, 0.15) is 17.2 Å². The Morgan fingerprint density at radius 1 is 1.00 bits per heavy atom. The number of hydrogen-bond donors (Lipinski definition) is 2. The van der Waals surface area contributed by atoms with E-state index in [2.05, 4.69) is 0 Å². The summed E-state index contributed by atoms with van der Waals surface area (Å²) in [6.45, 7) is 0.201. The van der Waals surface area contributed by atoms with Gasteiger partial charge in [0.05, 0.1) is 6.04 Å². The molecule has 2 rings (SSSR count). The van der Waals surface area contributed by atoms with Gasteiger partial charge in [0.1, 0.15) is 12.4 Å². The number of rotatable bonds is 5. The first kappa shape index (κ1) is 19.3. The minimum absolute atomic E-state index is 0. The van der Waals surface area contributed by atoms with Crippen molar-refractivity contribution in [2.75, 3.05) is 0 Å². The summed E-state index contributed by atoms with van der Waals surface area (Å²) in [6, 6.07) is 13.7. The quantitative estimate of drug-likeness (QED) is 0.868. The van der Waals surface area contributed by atoms with Gasteiger partial charge in [-0.05, 0) is 11.6 Å². The molecule has 0 aliphatic rings. The van der Waals surface area contributed by atoms with Crippen LogP contribution in [0.4, 0.5) is 13.2 Å². The van der Waals surface area contributed by atoms with Gasteiger partial charge in [-0.3, -0.25) is 0 Å². The third kappa shape index (κ3) is 5.13. The van der Waals surface area contributed by atoms with E-state index in [1.807, 2.05) is 30.3 Å². The second-order valence-corrected chi connectivity index (χ2v) is 4.82. The maximum absolute atomic E-state index is 12.6. The van der Waals surface area contributed by atoms with Crippen molar-refractivity contribution < 1.29 is 23.0 Å². The maximum atomic E-state index is 12.6. The van der Waals surface area contributed by atoms with Crippen LogP contribution in [0.2, 0.25) is 0 Å². The molecule has 126 valence electrons. The van der Waals surface area contributed by atoms with Crippen LogP contribution in [0.5, 0.6) is 5.75 Å². The van der Waals surface area contributed by atoms with Gasteiger partial charge in [-0.1, -0.05) is 48.5 Å². The number of aliphatic hydroxyl groups is 1. The van der Waals surface area contributed by atoms with Crippen LogP contribution < -0.4 is 10.5 Å². The molecule has 0 radical (unpaired) electrons. The van der Waals surface area contributed by atoms with E-state index < -0.39 is 18.3 Å². The van der Waals surface area contributed by atoms with E-state index in [1.54, 1.807) is 12.1 Å². The number of ether oxygens (including phenoxy) is 1. The van der Waals surface area contributed by atoms with Gasteiger partial charge < -0.3 is 15.6 Å². The van der Waals surface area contributed by atoms with Gasteiger partial charge in [0.2, 0.25) is 0 Å². The summed E-state index contributed by atoms with van der Waals surface area (Å²) in [4.78, 5) is 0. The molecule has 0 fully saturated rings. The second kappa shape index (κ2) is 8.19. The predicted molar refractivity (Wildman–Crippen MR) is 83.5 cm³/mol. The molecule has 0 spiro atoms. The summed E-state index contributed by atoms with van der Waals surface area (Å²) >= 11 is 0. The smallest absolute Gasteiger partial charge is 0.416 e. The third-order valence-electron chi connectivity index (χ3n) is 3.19. The summed E-state index contributed by atoms with van der Waals surface area (Å²) in [6.07, 6.45) is -7.43. The van der Waals surface area contributed by atoms with E-state index in [9.17, 15) is 18.3 Å². The molecule has 3 nitrogen and oxygen atoms in total. The van der Waals surface area contributed by atoms with Crippen molar-refractivity contribution >= 4 is 12.4 Å². The van der Waals surface area contributed by atoms with Crippen molar-refractivity contribution in [2.24, 2.45) is 5.73 Å². The Kier molecular flexibility index (Phi) is 6.87. The van der Waals surface area contributed by atoms with Gasteiger partial charge in [-0.15, -0.1) is 12.4 Å². The topological polar surface area (TPSA) is 55.5 Å². The number of halogens is 4. The standard InChI is InChI=1S/C16H16F3NO2.ClH/c17-16(18,19)15(21)14(20)12-8-4-5-9-13(12)22-10-11-6-2-1-3-7-11;/h1-9,14-15,21H,10,20H2;1H/t14-,15-;/m0./s1. The lowest BCUT2D eigenvalue weighted by Gasteiger charge is -2.23. The van der Waals surface area contributed by atoms with Crippen LogP contribution in [0.25, 0.3) is 0 Å². The molecule has 0 saturated heterocycles. The summed E-state index contributed by atoms with van der Waals surface area (Å²) in [5.74, 6) is 0.224. The first-order valence-corrected chi connectivity index (χ1v) is 6.65. The van der Waals surface area contributed by atoms with E-state index >= 15 is 0 Å². The van der Waals surface area contributed by atoms with Crippen molar-refractivity contribution in [3.63, 3.8) is 0 Å². The Balaban J connectivity index is 0.00000264. The molecule has 7 heteroatoms. The van der Waals surface area contributed by atoms with E-state index in [1.165, 1.54) is 12.1 Å². The van der Waals surface area contributed by atoms with Gasteiger partial charge in [-0.25, -0.2) is 0 Å². The zero-order valence-electron chi connectivity index (χ0n) is 12.0. The lowest BCUT2D eigenvalue weighted by atomic mass is 10.0. The fourth-order valence-corrected chi connectivity index (χ4v) is 2.00. The molecule has 0 aliphatic carbocycles. The second-order valence-electron chi connectivity index (χ2n) is 4.82. The Bertz CT molecular complexity index is 608. The molecule has 0 unspecified atom stereocenters. The average molecular weight is 348 g/mol. The molecule has 0 saturated carbocycles. The van der Waals surface area contributed by atoms with Gasteiger partial charge in [-0.2, -0.15) is 13.2 Å². The Hall–Kier alpha value is -1.76. The summed E-state index contributed by atoms with van der Waals surface area (Å²) in [7, 11) is 0. The third-order valence-corrected chi connectivity index (χ3v) is 3.19. The number of aliphatic hydroxyl groups excluding tert-OH is 1. The molecule has 23 heavy (non-hydrogen) atoms. The number of benzene rings is 2. The SMILES string of the molecule is Cl.N[C@@H](c1ccccc1OCc1ccccc1)[C@H](O)C(F)(F)F. The fourth-order valence-electron chi connectivity index (χ4n) is 2.00. The molecule has 0 amide bonds. The highest BCUT2D eigenvalue weighted by Crippen LogP contribution is 2.33. The van der Waals surface area contributed by atoms with Crippen LogP contribution in [-0.4, -0.2) is 17.4 Å². The van der Waals surface area contributed by atoms with Crippen molar-refractivity contribution in [2.45, 2.75) is 24.9 Å². The number of alkyl halides is 3. The van der Waals surface area contributed by atoms with Crippen LogP contribution in [0, 0.1) is 0 Å². The molecular formula is C16H17ClF3NO2. The Morgan fingerprint density at radius 3 is 2.17 bits per heavy atom. The molecule has 2 atom stereocenters. The summed E-state index contributed by atoms with van der Waals surface area (Å²) in [5, 5.41) is 9.31. The fraction of sp³-hybridized carbons (Fsp3) is 0.250. The number of nitrogens with two attached hydrogens (primary N) is 1. The first-order chi connectivity index (χ1) is 10.4. The predicted octanol–water partition coefficient (Wildman–Crippen LogP) is 3.61. The number of hydrogen-bond acceptors (Lipinski definition) is 3. The van der Waals surface area contributed by atoms with Gasteiger partial charge in [0.25, 0.3) is 0 Å². The number of para-hydroxylation sites is 1.